The lowest BCUT2D eigenvalue weighted by Crippen LogP contribution is -2.02. The molecule has 0 N–H and O–H groups in total. The van der Waals surface area contributed by atoms with E-state index in [0.717, 1.165) is 19.3 Å². The maximum absolute atomic E-state index is 11.2. The number of ketones is 1. The Bertz CT molecular complexity index is 201. The molecule has 0 heterocycles. The van der Waals surface area contributed by atoms with Crippen LogP contribution in [0.4, 0.5) is 0 Å². The second-order valence-corrected chi connectivity index (χ2v) is 3.61. The molecule has 0 aromatic rings. The standard InChI is InChI=1S/C10H16O/c1-7-4-5-10(11)6-8(2)9(7)3/h8H,4-6H2,1-3H3. The van der Waals surface area contributed by atoms with Crippen LogP contribution in [-0.2, 0) is 4.79 Å². The molecule has 62 valence electrons. The van der Waals surface area contributed by atoms with Crippen molar-refractivity contribution in [3.8, 4) is 0 Å². The molecule has 0 saturated heterocycles. The molecule has 0 aromatic carbocycles. The maximum atomic E-state index is 11.2. The molecule has 0 aliphatic heterocycles. The third-order valence-corrected chi connectivity index (χ3v) is 2.73. The van der Waals surface area contributed by atoms with Crippen LogP contribution >= 0.6 is 0 Å². The Kier molecular flexibility index (Phi) is 2.48. The van der Waals surface area contributed by atoms with Crippen molar-refractivity contribution in [1.82, 2.24) is 0 Å². The number of allylic oxidation sites excluding steroid dienone is 2. The van der Waals surface area contributed by atoms with Crippen LogP contribution in [-0.4, -0.2) is 5.78 Å². The van der Waals surface area contributed by atoms with Crippen LogP contribution in [0.15, 0.2) is 11.1 Å². The summed E-state index contributed by atoms with van der Waals surface area (Å²) < 4.78 is 0. The number of carbonyl (C=O) groups excluding carboxylic acids is 1. The molecule has 0 spiro atoms. The van der Waals surface area contributed by atoms with Gasteiger partial charge in [0.15, 0.2) is 0 Å². The fourth-order valence-corrected chi connectivity index (χ4v) is 1.54. The van der Waals surface area contributed by atoms with Gasteiger partial charge >= 0.3 is 0 Å². The highest BCUT2D eigenvalue weighted by Gasteiger charge is 2.16. The van der Waals surface area contributed by atoms with E-state index in [2.05, 4.69) is 20.8 Å². The summed E-state index contributed by atoms with van der Waals surface area (Å²) >= 11 is 0. The minimum atomic E-state index is 0.425. The van der Waals surface area contributed by atoms with Crippen LogP contribution in [0.3, 0.4) is 0 Å². The lowest BCUT2D eigenvalue weighted by molar-refractivity contribution is -0.119. The van der Waals surface area contributed by atoms with Crippen LogP contribution in [0.25, 0.3) is 0 Å². The summed E-state index contributed by atoms with van der Waals surface area (Å²) in [6, 6.07) is 0. The van der Waals surface area contributed by atoms with Crippen molar-refractivity contribution in [3.05, 3.63) is 11.1 Å². The molecule has 1 nitrogen and oxygen atoms in total. The van der Waals surface area contributed by atoms with E-state index in [4.69, 9.17) is 0 Å². The fourth-order valence-electron chi connectivity index (χ4n) is 1.54. The van der Waals surface area contributed by atoms with Crippen molar-refractivity contribution in [2.75, 3.05) is 0 Å². The molecule has 0 amide bonds. The predicted octanol–water partition coefficient (Wildman–Crippen LogP) is 2.71. The number of carbonyl (C=O) groups is 1. The lowest BCUT2D eigenvalue weighted by Gasteiger charge is -2.09. The van der Waals surface area contributed by atoms with Crippen LogP contribution in [0.1, 0.15) is 40.0 Å². The largest absolute Gasteiger partial charge is 0.300 e. The average molecular weight is 152 g/mol. The van der Waals surface area contributed by atoms with E-state index in [0.29, 0.717) is 11.7 Å². The SMILES string of the molecule is CC1=C(C)C(C)CC(=O)CC1. The van der Waals surface area contributed by atoms with Gasteiger partial charge in [0.2, 0.25) is 0 Å². The highest BCUT2D eigenvalue weighted by Crippen LogP contribution is 2.25. The molecule has 0 radical (unpaired) electrons. The van der Waals surface area contributed by atoms with Crippen LogP contribution < -0.4 is 0 Å². The smallest absolute Gasteiger partial charge is 0.133 e. The topological polar surface area (TPSA) is 17.1 Å². The molecule has 0 saturated carbocycles. The highest BCUT2D eigenvalue weighted by atomic mass is 16.1. The first-order chi connectivity index (χ1) is 5.11. The summed E-state index contributed by atoms with van der Waals surface area (Å²) in [6.07, 6.45) is 2.49. The molecule has 0 fully saturated rings. The monoisotopic (exact) mass is 152 g/mol. The van der Waals surface area contributed by atoms with Gasteiger partial charge in [-0.2, -0.15) is 0 Å². The van der Waals surface area contributed by atoms with E-state index < -0.39 is 0 Å². The third-order valence-electron chi connectivity index (χ3n) is 2.73. The zero-order chi connectivity index (χ0) is 8.43. The van der Waals surface area contributed by atoms with Crippen LogP contribution in [0.2, 0.25) is 0 Å². The van der Waals surface area contributed by atoms with E-state index in [1.54, 1.807) is 0 Å². The number of rotatable bonds is 0. The van der Waals surface area contributed by atoms with Gasteiger partial charge in [-0.15, -0.1) is 0 Å². The molecule has 1 aliphatic rings. The molecule has 0 bridgehead atoms. The molecule has 1 heteroatoms. The van der Waals surface area contributed by atoms with Crippen molar-refractivity contribution in [1.29, 1.82) is 0 Å². The quantitative estimate of drug-likeness (QED) is 0.488. The molecule has 1 rings (SSSR count). The Morgan fingerprint density at radius 1 is 1.27 bits per heavy atom. The van der Waals surface area contributed by atoms with Gasteiger partial charge in [0.1, 0.15) is 5.78 Å². The van der Waals surface area contributed by atoms with Gasteiger partial charge in [-0.3, -0.25) is 4.79 Å². The first kappa shape index (κ1) is 8.51. The van der Waals surface area contributed by atoms with E-state index in [9.17, 15) is 4.79 Å². The number of Topliss-reactive ketones (excluding diaryl/α,β-unsaturated/α-hetero) is 1. The average Bonchev–Trinajstić information content (AvgIpc) is 2.05. The van der Waals surface area contributed by atoms with Crippen molar-refractivity contribution < 1.29 is 4.79 Å². The van der Waals surface area contributed by atoms with E-state index >= 15 is 0 Å². The van der Waals surface area contributed by atoms with Gasteiger partial charge in [-0.25, -0.2) is 0 Å². The summed E-state index contributed by atoms with van der Waals surface area (Å²) in [6.45, 7) is 6.44. The van der Waals surface area contributed by atoms with E-state index in [1.165, 1.54) is 11.1 Å². The van der Waals surface area contributed by atoms with Crippen molar-refractivity contribution in [2.45, 2.75) is 40.0 Å². The summed E-state index contributed by atoms with van der Waals surface area (Å²) in [5.41, 5.74) is 2.85. The van der Waals surface area contributed by atoms with Gasteiger partial charge in [0.05, 0.1) is 0 Å². The minimum Gasteiger partial charge on any atom is -0.300 e. The molecule has 1 aliphatic carbocycles. The van der Waals surface area contributed by atoms with Gasteiger partial charge in [-0.05, 0) is 26.2 Å². The molecule has 1 unspecified atom stereocenters. The fraction of sp³-hybridized carbons (Fsp3) is 0.700. The van der Waals surface area contributed by atoms with E-state index in [1.807, 2.05) is 0 Å². The molecule has 0 aromatic heterocycles. The Morgan fingerprint density at radius 3 is 2.55 bits per heavy atom. The van der Waals surface area contributed by atoms with Crippen molar-refractivity contribution in [3.63, 3.8) is 0 Å². The Hall–Kier alpha value is -0.590. The van der Waals surface area contributed by atoms with Gasteiger partial charge in [0, 0.05) is 12.8 Å². The Morgan fingerprint density at radius 2 is 1.91 bits per heavy atom. The van der Waals surface area contributed by atoms with Gasteiger partial charge < -0.3 is 0 Å². The Balaban J connectivity index is 2.79. The third kappa shape index (κ3) is 1.92. The molecule has 11 heavy (non-hydrogen) atoms. The summed E-state index contributed by atoms with van der Waals surface area (Å²) in [5, 5.41) is 0. The van der Waals surface area contributed by atoms with Gasteiger partial charge in [0.25, 0.3) is 0 Å². The minimum absolute atomic E-state index is 0.425. The van der Waals surface area contributed by atoms with E-state index in [-0.39, 0.29) is 0 Å². The second kappa shape index (κ2) is 3.21. The Labute approximate surface area is 68.5 Å². The number of hydrogen-bond acceptors (Lipinski definition) is 1. The summed E-state index contributed by atoms with van der Waals surface area (Å²) in [4.78, 5) is 11.2. The van der Waals surface area contributed by atoms with Crippen LogP contribution in [0.5, 0.6) is 0 Å². The highest BCUT2D eigenvalue weighted by molar-refractivity contribution is 5.79. The lowest BCUT2D eigenvalue weighted by atomic mass is 9.96. The first-order valence-electron chi connectivity index (χ1n) is 4.29. The zero-order valence-corrected chi connectivity index (χ0v) is 7.61. The zero-order valence-electron chi connectivity index (χ0n) is 7.61. The summed E-state index contributed by atoms with van der Waals surface area (Å²) in [5.74, 6) is 0.902. The summed E-state index contributed by atoms with van der Waals surface area (Å²) in [7, 11) is 0. The number of hydrogen-bond donors (Lipinski definition) is 0. The van der Waals surface area contributed by atoms with Gasteiger partial charge in [-0.1, -0.05) is 18.1 Å². The molecular formula is C10H16O. The second-order valence-electron chi connectivity index (χ2n) is 3.61. The molecule has 1 atom stereocenters. The normalized spacial score (nSPS) is 27.2. The maximum Gasteiger partial charge on any atom is 0.133 e. The van der Waals surface area contributed by atoms with Crippen molar-refractivity contribution in [2.24, 2.45) is 5.92 Å². The molecular weight excluding hydrogens is 136 g/mol. The van der Waals surface area contributed by atoms with Crippen molar-refractivity contribution >= 4 is 5.78 Å². The first-order valence-corrected chi connectivity index (χ1v) is 4.29. The predicted molar refractivity (Wildman–Crippen MR) is 46.4 cm³/mol. The van der Waals surface area contributed by atoms with Crippen LogP contribution in [0, 0.1) is 5.92 Å².